The summed E-state index contributed by atoms with van der Waals surface area (Å²) in [5.74, 6) is 0. The quantitative estimate of drug-likeness (QED) is 0.895. The molecule has 94 valence electrons. The molecule has 1 fully saturated rings. The summed E-state index contributed by atoms with van der Waals surface area (Å²) in [6.45, 7) is 0. The molecule has 0 bridgehead atoms. The summed E-state index contributed by atoms with van der Waals surface area (Å²) in [6.07, 6.45) is 3.54. The van der Waals surface area contributed by atoms with Crippen molar-refractivity contribution in [3.8, 4) is 0 Å². The van der Waals surface area contributed by atoms with E-state index >= 15 is 0 Å². The Kier molecular flexibility index (Phi) is 2.79. The first-order valence-electron chi connectivity index (χ1n) is 5.41. The van der Waals surface area contributed by atoms with Gasteiger partial charge in [-0.1, -0.05) is 11.6 Å². The molecule has 0 radical (unpaired) electrons. The highest BCUT2D eigenvalue weighted by molar-refractivity contribution is 7.99. The zero-order valence-corrected chi connectivity index (χ0v) is 10.8. The number of hydrogen-bond acceptors (Lipinski definition) is 5. The van der Waals surface area contributed by atoms with E-state index in [2.05, 4.69) is 15.2 Å². The van der Waals surface area contributed by atoms with Crippen molar-refractivity contribution in [1.82, 2.24) is 19.7 Å². The Balaban J connectivity index is 1.94. The molecule has 18 heavy (non-hydrogen) atoms. The van der Waals surface area contributed by atoms with E-state index in [0.717, 1.165) is 12.8 Å². The fourth-order valence-electron chi connectivity index (χ4n) is 1.63. The van der Waals surface area contributed by atoms with Crippen molar-refractivity contribution in [2.75, 3.05) is 5.73 Å². The van der Waals surface area contributed by atoms with Crippen LogP contribution in [0.4, 0.5) is 5.69 Å². The minimum absolute atomic E-state index is 0.187. The van der Waals surface area contributed by atoms with E-state index in [4.69, 9.17) is 17.3 Å². The van der Waals surface area contributed by atoms with Crippen LogP contribution in [0.15, 0.2) is 27.2 Å². The molecule has 1 aliphatic rings. The van der Waals surface area contributed by atoms with Gasteiger partial charge in [0.1, 0.15) is 5.03 Å². The number of H-pyrrole nitrogens is 1. The van der Waals surface area contributed by atoms with Gasteiger partial charge in [0, 0.05) is 12.2 Å². The highest BCUT2D eigenvalue weighted by Crippen LogP contribution is 2.38. The van der Waals surface area contributed by atoms with E-state index in [1.165, 1.54) is 18.0 Å². The summed E-state index contributed by atoms with van der Waals surface area (Å²) in [6, 6.07) is 1.88. The molecule has 0 amide bonds. The first-order chi connectivity index (χ1) is 8.65. The number of nitrogens with one attached hydrogen (secondary N) is 1. The summed E-state index contributed by atoms with van der Waals surface area (Å²) in [5, 5.41) is 8.12. The fourth-order valence-corrected chi connectivity index (χ4v) is 2.67. The predicted molar refractivity (Wildman–Crippen MR) is 68.9 cm³/mol. The number of nitrogens with zero attached hydrogens (tertiary/aromatic N) is 3. The average Bonchev–Trinajstić information content (AvgIpc) is 3.08. The number of anilines is 1. The lowest BCUT2D eigenvalue weighted by molar-refractivity contribution is 0.642. The van der Waals surface area contributed by atoms with Crippen LogP contribution in [-0.4, -0.2) is 19.7 Å². The maximum Gasteiger partial charge on any atom is 0.344 e. The second-order valence-corrected chi connectivity index (χ2v) is 5.45. The Bertz CT molecular complexity index is 648. The molecular formula is C10H10ClN5OS. The van der Waals surface area contributed by atoms with Crippen LogP contribution in [0.3, 0.4) is 0 Å². The molecule has 2 aromatic heterocycles. The Morgan fingerprint density at radius 1 is 1.56 bits per heavy atom. The van der Waals surface area contributed by atoms with E-state index in [1.54, 1.807) is 10.6 Å². The molecule has 3 N–H and O–H groups in total. The van der Waals surface area contributed by atoms with Crippen LogP contribution < -0.4 is 11.4 Å². The minimum Gasteiger partial charge on any atom is -0.396 e. The third-order valence-electron chi connectivity index (χ3n) is 2.62. The number of aromatic nitrogens is 4. The highest BCUT2D eigenvalue weighted by atomic mass is 35.5. The number of nitrogen functional groups attached to an aromatic ring is 1. The molecule has 0 saturated heterocycles. The van der Waals surface area contributed by atoms with Crippen LogP contribution >= 0.6 is 23.4 Å². The molecule has 6 nitrogen and oxygen atoms in total. The van der Waals surface area contributed by atoms with E-state index in [-0.39, 0.29) is 11.7 Å². The SMILES string of the molecule is Nc1cc(Cl)cnc1Sc1n[nH]c(=O)n1C1CC1. The maximum absolute atomic E-state index is 11.6. The van der Waals surface area contributed by atoms with Gasteiger partial charge < -0.3 is 5.73 Å². The number of aromatic amines is 1. The van der Waals surface area contributed by atoms with E-state index < -0.39 is 0 Å². The zero-order valence-electron chi connectivity index (χ0n) is 9.26. The van der Waals surface area contributed by atoms with Crippen molar-refractivity contribution in [3.63, 3.8) is 0 Å². The largest absolute Gasteiger partial charge is 0.396 e. The minimum atomic E-state index is -0.187. The molecule has 0 aromatic carbocycles. The van der Waals surface area contributed by atoms with Gasteiger partial charge in [0.2, 0.25) is 0 Å². The summed E-state index contributed by atoms with van der Waals surface area (Å²) < 4.78 is 1.65. The Hall–Kier alpha value is -1.47. The van der Waals surface area contributed by atoms with Crippen LogP contribution in [-0.2, 0) is 0 Å². The van der Waals surface area contributed by atoms with Crippen molar-refractivity contribution >= 4 is 29.1 Å². The van der Waals surface area contributed by atoms with Gasteiger partial charge in [-0.05, 0) is 30.7 Å². The number of pyridine rings is 1. The van der Waals surface area contributed by atoms with Gasteiger partial charge in [-0.3, -0.25) is 4.57 Å². The highest BCUT2D eigenvalue weighted by Gasteiger charge is 2.29. The first kappa shape index (κ1) is 11.6. The molecule has 0 atom stereocenters. The number of hydrogen-bond donors (Lipinski definition) is 2. The fraction of sp³-hybridized carbons (Fsp3) is 0.300. The molecule has 8 heteroatoms. The van der Waals surface area contributed by atoms with Crippen molar-refractivity contribution < 1.29 is 0 Å². The molecule has 0 aliphatic heterocycles. The van der Waals surface area contributed by atoms with Crippen LogP contribution in [0.25, 0.3) is 0 Å². The Morgan fingerprint density at radius 3 is 3.00 bits per heavy atom. The van der Waals surface area contributed by atoms with Crippen molar-refractivity contribution in [1.29, 1.82) is 0 Å². The van der Waals surface area contributed by atoms with Crippen molar-refractivity contribution in [2.45, 2.75) is 29.1 Å². The third kappa shape index (κ3) is 2.11. The monoisotopic (exact) mass is 283 g/mol. The van der Waals surface area contributed by atoms with Crippen LogP contribution in [0, 0.1) is 0 Å². The zero-order chi connectivity index (χ0) is 12.7. The normalized spacial score (nSPS) is 14.9. The van der Waals surface area contributed by atoms with Gasteiger partial charge in [-0.2, -0.15) is 0 Å². The lowest BCUT2D eigenvalue weighted by atomic mass is 10.4. The molecule has 2 aromatic rings. The topological polar surface area (TPSA) is 89.6 Å². The second-order valence-electron chi connectivity index (χ2n) is 4.06. The van der Waals surface area contributed by atoms with E-state index in [1.807, 2.05) is 0 Å². The smallest absolute Gasteiger partial charge is 0.344 e. The standard InChI is InChI=1S/C10H10ClN5OS/c11-5-3-7(12)8(13-4-5)18-10-15-14-9(17)16(10)6-1-2-6/h3-4,6H,1-2,12H2,(H,14,17). The summed E-state index contributed by atoms with van der Waals surface area (Å²) in [7, 11) is 0. The molecule has 0 unspecified atom stereocenters. The molecular weight excluding hydrogens is 274 g/mol. The van der Waals surface area contributed by atoms with Crippen LogP contribution in [0.2, 0.25) is 5.02 Å². The van der Waals surface area contributed by atoms with Crippen molar-refractivity contribution in [3.05, 3.63) is 27.8 Å². The lowest BCUT2D eigenvalue weighted by Crippen LogP contribution is -2.16. The molecule has 1 saturated carbocycles. The number of rotatable bonds is 3. The summed E-state index contributed by atoms with van der Waals surface area (Å²) >= 11 is 7.05. The molecule has 0 spiro atoms. The second kappa shape index (κ2) is 4.33. The molecule has 2 heterocycles. The van der Waals surface area contributed by atoms with Gasteiger partial charge in [0.25, 0.3) is 0 Å². The Labute approximate surface area is 112 Å². The first-order valence-corrected chi connectivity index (χ1v) is 6.60. The molecule has 1 aliphatic carbocycles. The van der Waals surface area contributed by atoms with Crippen LogP contribution in [0.1, 0.15) is 18.9 Å². The summed E-state index contributed by atoms with van der Waals surface area (Å²) in [5.41, 5.74) is 6.11. The van der Waals surface area contributed by atoms with E-state index in [0.29, 0.717) is 20.9 Å². The van der Waals surface area contributed by atoms with E-state index in [9.17, 15) is 4.79 Å². The van der Waals surface area contributed by atoms with Gasteiger partial charge in [0.05, 0.1) is 10.7 Å². The Morgan fingerprint density at radius 2 is 2.33 bits per heavy atom. The number of halogens is 1. The average molecular weight is 284 g/mol. The van der Waals surface area contributed by atoms with Crippen LogP contribution in [0.5, 0.6) is 0 Å². The maximum atomic E-state index is 11.6. The predicted octanol–water partition coefficient (Wildman–Crippen LogP) is 1.69. The van der Waals surface area contributed by atoms with Crippen molar-refractivity contribution in [2.24, 2.45) is 0 Å². The van der Waals surface area contributed by atoms with Gasteiger partial charge in [-0.25, -0.2) is 14.9 Å². The number of nitrogens with two attached hydrogens (primary N) is 1. The van der Waals surface area contributed by atoms with Gasteiger partial charge in [-0.15, -0.1) is 5.10 Å². The lowest BCUT2D eigenvalue weighted by Gasteiger charge is -2.05. The molecule has 3 rings (SSSR count). The van der Waals surface area contributed by atoms with Gasteiger partial charge >= 0.3 is 5.69 Å². The third-order valence-corrected chi connectivity index (χ3v) is 3.83. The summed E-state index contributed by atoms with van der Waals surface area (Å²) in [4.78, 5) is 15.7. The van der Waals surface area contributed by atoms with Gasteiger partial charge in [0.15, 0.2) is 5.16 Å².